The van der Waals surface area contributed by atoms with Gasteiger partial charge < -0.3 is 15.0 Å². The molecule has 0 saturated carbocycles. The van der Waals surface area contributed by atoms with E-state index in [0.29, 0.717) is 36.6 Å². The highest BCUT2D eigenvalue weighted by atomic mass is 35.5. The number of amides is 1. The molecule has 1 fully saturated rings. The monoisotopic (exact) mass is 298 g/mol. The lowest BCUT2D eigenvalue weighted by molar-refractivity contribution is -0.124. The van der Waals surface area contributed by atoms with Crippen molar-refractivity contribution in [3.8, 4) is 0 Å². The van der Waals surface area contributed by atoms with E-state index in [-0.39, 0.29) is 17.9 Å². The van der Waals surface area contributed by atoms with Crippen LogP contribution in [0.15, 0.2) is 6.07 Å². The minimum atomic E-state index is -0.389. The predicted molar refractivity (Wildman–Crippen MR) is 77.2 cm³/mol. The van der Waals surface area contributed by atoms with Crippen LogP contribution in [0.2, 0.25) is 5.15 Å². The van der Waals surface area contributed by atoms with Gasteiger partial charge in [-0.3, -0.25) is 4.79 Å². The lowest BCUT2D eigenvalue weighted by Gasteiger charge is -2.35. The Balaban J connectivity index is 2.34. The minimum Gasteiger partial charge on any atom is -0.377 e. The van der Waals surface area contributed by atoms with E-state index in [1.807, 2.05) is 18.7 Å². The molecule has 1 saturated heterocycles. The molecule has 1 aromatic heterocycles. The van der Waals surface area contributed by atoms with Crippen molar-refractivity contribution in [3.63, 3.8) is 0 Å². The number of rotatable bonds is 3. The van der Waals surface area contributed by atoms with Crippen molar-refractivity contribution < 1.29 is 9.53 Å². The van der Waals surface area contributed by atoms with Crippen LogP contribution in [0, 0.1) is 0 Å². The first-order valence-corrected chi connectivity index (χ1v) is 7.01. The number of ether oxygens (including phenoxy) is 1. The standard InChI is InChI=1S/C13H19ClN4O2/c1-8(2)12-16-10(14)6-11(17-12)18-4-5-20-7-9(18)13(19)15-3/h6,8-9H,4-5,7H2,1-3H3,(H,15,19). The van der Waals surface area contributed by atoms with Crippen LogP contribution in [0.1, 0.15) is 25.6 Å². The van der Waals surface area contributed by atoms with Crippen molar-refractivity contribution in [2.24, 2.45) is 0 Å². The molecule has 6 nitrogen and oxygen atoms in total. The summed E-state index contributed by atoms with van der Waals surface area (Å²) in [6.45, 7) is 5.52. The molecule has 1 aromatic rings. The van der Waals surface area contributed by atoms with Gasteiger partial charge >= 0.3 is 0 Å². The van der Waals surface area contributed by atoms with Gasteiger partial charge in [-0.05, 0) is 0 Å². The second-order valence-corrected chi connectivity index (χ2v) is 5.35. The second-order valence-electron chi connectivity index (χ2n) is 4.96. The molecule has 2 heterocycles. The Bertz CT molecular complexity index is 495. The van der Waals surface area contributed by atoms with E-state index in [1.165, 1.54) is 0 Å². The average molecular weight is 299 g/mol. The third kappa shape index (κ3) is 3.19. The predicted octanol–water partition coefficient (Wildman–Crippen LogP) is 1.20. The minimum absolute atomic E-state index is 0.0921. The molecular formula is C13H19ClN4O2. The van der Waals surface area contributed by atoms with Gasteiger partial charge in [0.1, 0.15) is 22.8 Å². The molecule has 0 aromatic carbocycles. The van der Waals surface area contributed by atoms with Gasteiger partial charge in [0.2, 0.25) is 5.91 Å². The molecular weight excluding hydrogens is 280 g/mol. The summed E-state index contributed by atoms with van der Waals surface area (Å²) in [5, 5.41) is 3.04. The molecule has 7 heteroatoms. The lowest BCUT2D eigenvalue weighted by Crippen LogP contribution is -2.53. The Kier molecular flexibility index (Phi) is 4.77. The third-order valence-corrected chi connectivity index (χ3v) is 3.38. The fourth-order valence-corrected chi connectivity index (χ4v) is 2.27. The largest absolute Gasteiger partial charge is 0.377 e. The van der Waals surface area contributed by atoms with Crippen LogP contribution in [0.25, 0.3) is 0 Å². The van der Waals surface area contributed by atoms with Crippen LogP contribution in [0.4, 0.5) is 5.82 Å². The van der Waals surface area contributed by atoms with Crippen molar-refractivity contribution in [3.05, 3.63) is 17.0 Å². The Morgan fingerprint density at radius 2 is 2.30 bits per heavy atom. The summed E-state index contributed by atoms with van der Waals surface area (Å²) >= 11 is 6.06. The first-order chi connectivity index (χ1) is 9.52. The fourth-order valence-electron chi connectivity index (χ4n) is 2.09. The molecule has 1 unspecified atom stereocenters. The zero-order valence-corrected chi connectivity index (χ0v) is 12.6. The smallest absolute Gasteiger partial charge is 0.244 e. The van der Waals surface area contributed by atoms with E-state index >= 15 is 0 Å². The Morgan fingerprint density at radius 1 is 1.55 bits per heavy atom. The molecule has 1 aliphatic heterocycles. The van der Waals surface area contributed by atoms with Gasteiger partial charge in [0.05, 0.1) is 13.2 Å². The molecule has 1 atom stereocenters. The van der Waals surface area contributed by atoms with Crippen LogP contribution < -0.4 is 10.2 Å². The van der Waals surface area contributed by atoms with Crippen molar-refractivity contribution in [2.75, 3.05) is 31.7 Å². The van der Waals surface area contributed by atoms with E-state index < -0.39 is 0 Å². The number of anilines is 1. The maximum absolute atomic E-state index is 11.9. The number of nitrogens with one attached hydrogen (secondary N) is 1. The first-order valence-electron chi connectivity index (χ1n) is 6.63. The average Bonchev–Trinajstić information content (AvgIpc) is 2.45. The molecule has 0 bridgehead atoms. The summed E-state index contributed by atoms with van der Waals surface area (Å²) < 4.78 is 5.39. The molecule has 20 heavy (non-hydrogen) atoms. The van der Waals surface area contributed by atoms with Crippen LogP contribution >= 0.6 is 11.6 Å². The Hall–Kier alpha value is -1.40. The van der Waals surface area contributed by atoms with E-state index in [0.717, 1.165) is 0 Å². The Morgan fingerprint density at radius 3 is 2.95 bits per heavy atom. The topological polar surface area (TPSA) is 67.3 Å². The van der Waals surface area contributed by atoms with Gasteiger partial charge in [-0.25, -0.2) is 9.97 Å². The maximum atomic E-state index is 11.9. The van der Waals surface area contributed by atoms with Gasteiger partial charge in [-0.1, -0.05) is 25.4 Å². The van der Waals surface area contributed by atoms with Crippen LogP contribution in [0.5, 0.6) is 0 Å². The van der Waals surface area contributed by atoms with Crippen molar-refractivity contribution in [1.29, 1.82) is 0 Å². The zero-order chi connectivity index (χ0) is 14.7. The number of aromatic nitrogens is 2. The van der Waals surface area contributed by atoms with Gasteiger partial charge in [-0.15, -0.1) is 0 Å². The van der Waals surface area contributed by atoms with Crippen molar-refractivity contribution in [1.82, 2.24) is 15.3 Å². The summed E-state index contributed by atoms with van der Waals surface area (Å²) in [5.41, 5.74) is 0. The third-order valence-electron chi connectivity index (χ3n) is 3.19. The van der Waals surface area contributed by atoms with Crippen molar-refractivity contribution in [2.45, 2.75) is 25.8 Å². The number of carbonyl (C=O) groups is 1. The highest BCUT2D eigenvalue weighted by Gasteiger charge is 2.30. The number of nitrogens with zero attached hydrogens (tertiary/aromatic N) is 3. The van der Waals surface area contributed by atoms with Gasteiger partial charge in [0.25, 0.3) is 0 Å². The molecule has 0 spiro atoms. The molecule has 1 N–H and O–H groups in total. The fraction of sp³-hybridized carbons (Fsp3) is 0.615. The number of halogens is 1. The van der Waals surface area contributed by atoms with Gasteiger partial charge in [0, 0.05) is 25.6 Å². The zero-order valence-electron chi connectivity index (χ0n) is 11.9. The number of morpholine rings is 1. The second kappa shape index (κ2) is 6.37. The normalized spacial score (nSPS) is 19.2. The summed E-state index contributed by atoms with van der Waals surface area (Å²) in [7, 11) is 1.61. The van der Waals surface area contributed by atoms with E-state index in [9.17, 15) is 4.79 Å². The first kappa shape index (κ1) is 15.0. The van der Waals surface area contributed by atoms with E-state index in [2.05, 4.69) is 15.3 Å². The van der Waals surface area contributed by atoms with E-state index in [1.54, 1.807) is 13.1 Å². The van der Waals surface area contributed by atoms with Crippen LogP contribution in [0.3, 0.4) is 0 Å². The SMILES string of the molecule is CNC(=O)C1COCCN1c1cc(Cl)nc(C(C)C)n1. The van der Waals surface area contributed by atoms with Crippen molar-refractivity contribution >= 4 is 23.3 Å². The number of likely N-dealkylation sites (N-methyl/N-ethyl adjacent to an activating group) is 1. The number of hydrogen-bond acceptors (Lipinski definition) is 5. The molecule has 2 rings (SSSR count). The molecule has 110 valence electrons. The number of carbonyl (C=O) groups excluding carboxylic acids is 1. The summed E-state index contributed by atoms with van der Waals surface area (Å²) in [5.74, 6) is 1.43. The molecule has 0 radical (unpaired) electrons. The molecule has 0 aliphatic carbocycles. The Labute approximate surface area is 123 Å². The van der Waals surface area contributed by atoms with Gasteiger partial charge in [0.15, 0.2) is 0 Å². The summed E-state index contributed by atoms with van der Waals surface area (Å²) in [6, 6.07) is 1.30. The van der Waals surface area contributed by atoms with E-state index in [4.69, 9.17) is 16.3 Å². The molecule has 1 aliphatic rings. The summed E-state index contributed by atoms with van der Waals surface area (Å²) in [4.78, 5) is 22.6. The quantitative estimate of drug-likeness (QED) is 0.850. The number of hydrogen-bond donors (Lipinski definition) is 1. The lowest BCUT2D eigenvalue weighted by atomic mass is 10.2. The van der Waals surface area contributed by atoms with Crippen LogP contribution in [-0.4, -0.2) is 48.7 Å². The highest BCUT2D eigenvalue weighted by Crippen LogP contribution is 2.23. The van der Waals surface area contributed by atoms with Gasteiger partial charge in [-0.2, -0.15) is 0 Å². The molecule has 1 amide bonds. The maximum Gasteiger partial charge on any atom is 0.244 e. The summed E-state index contributed by atoms with van der Waals surface area (Å²) in [6.07, 6.45) is 0. The highest BCUT2D eigenvalue weighted by molar-refractivity contribution is 6.29. The van der Waals surface area contributed by atoms with Crippen LogP contribution in [-0.2, 0) is 9.53 Å².